The normalized spacial score (nSPS) is 15.1. The monoisotopic (exact) mass is 232 g/mol. The standard InChI is InChI=1S/C14H20N2O/c1-11-8-12(2)10-13(9-11)15(3)14(17)16-6-4-5-7-16/h8-10H,4-7H2,1-3H3. The number of carbonyl (C=O) groups is 1. The Hall–Kier alpha value is -1.51. The van der Waals surface area contributed by atoms with Crippen LogP contribution in [0.2, 0.25) is 0 Å². The maximum atomic E-state index is 12.2. The van der Waals surface area contributed by atoms with Crippen LogP contribution in [0.4, 0.5) is 10.5 Å². The Labute approximate surface area is 103 Å². The zero-order valence-electron chi connectivity index (χ0n) is 10.9. The molecule has 17 heavy (non-hydrogen) atoms. The van der Waals surface area contributed by atoms with E-state index in [9.17, 15) is 4.79 Å². The van der Waals surface area contributed by atoms with Gasteiger partial charge >= 0.3 is 6.03 Å². The van der Waals surface area contributed by atoms with E-state index in [4.69, 9.17) is 0 Å². The van der Waals surface area contributed by atoms with Crippen LogP contribution in [0.3, 0.4) is 0 Å². The number of hydrogen-bond acceptors (Lipinski definition) is 1. The number of benzene rings is 1. The van der Waals surface area contributed by atoms with Crippen molar-refractivity contribution in [3.63, 3.8) is 0 Å². The van der Waals surface area contributed by atoms with Gasteiger partial charge in [0.25, 0.3) is 0 Å². The van der Waals surface area contributed by atoms with Gasteiger partial charge < -0.3 is 4.90 Å². The molecule has 3 heteroatoms. The second-order valence-corrected chi connectivity index (χ2v) is 4.88. The van der Waals surface area contributed by atoms with Gasteiger partial charge in [-0.05, 0) is 49.9 Å². The van der Waals surface area contributed by atoms with Crippen molar-refractivity contribution in [2.45, 2.75) is 26.7 Å². The molecule has 3 nitrogen and oxygen atoms in total. The van der Waals surface area contributed by atoms with Crippen molar-refractivity contribution in [2.75, 3.05) is 25.0 Å². The SMILES string of the molecule is Cc1cc(C)cc(N(C)C(=O)N2CCCC2)c1. The highest BCUT2D eigenvalue weighted by Crippen LogP contribution is 2.20. The van der Waals surface area contributed by atoms with Crippen LogP contribution in [0.5, 0.6) is 0 Å². The van der Waals surface area contributed by atoms with Crippen LogP contribution < -0.4 is 4.90 Å². The average molecular weight is 232 g/mol. The van der Waals surface area contributed by atoms with Gasteiger partial charge in [0.15, 0.2) is 0 Å². The Morgan fingerprint density at radius 1 is 1.12 bits per heavy atom. The lowest BCUT2D eigenvalue weighted by molar-refractivity contribution is 0.217. The first-order valence-corrected chi connectivity index (χ1v) is 6.19. The fourth-order valence-electron chi connectivity index (χ4n) is 2.38. The molecule has 2 amide bonds. The number of nitrogens with zero attached hydrogens (tertiary/aromatic N) is 2. The van der Waals surface area contributed by atoms with Crippen LogP contribution in [0.25, 0.3) is 0 Å². The van der Waals surface area contributed by atoms with Crippen LogP contribution in [-0.2, 0) is 0 Å². The summed E-state index contributed by atoms with van der Waals surface area (Å²) in [6.07, 6.45) is 2.26. The number of hydrogen-bond donors (Lipinski definition) is 0. The molecule has 1 aliphatic rings. The maximum Gasteiger partial charge on any atom is 0.324 e. The number of rotatable bonds is 1. The molecule has 1 aromatic rings. The van der Waals surface area contributed by atoms with Gasteiger partial charge in [0.2, 0.25) is 0 Å². The molecule has 0 N–H and O–H groups in total. The molecule has 0 radical (unpaired) electrons. The first kappa shape index (κ1) is 12.0. The minimum Gasteiger partial charge on any atom is -0.324 e. The summed E-state index contributed by atoms with van der Waals surface area (Å²) in [6, 6.07) is 6.35. The summed E-state index contributed by atoms with van der Waals surface area (Å²) >= 11 is 0. The van der Waals surface area contributed by atoms with Gasteiger partial charge in [0, 0.05) is 25.8 Å². The van der Waals surface area contributed by atoms with E-state index in [1.165, 1.54) is 11.1 Å². The quantitative estimate of drug-likeness (QED) is 0.730. The van der Waals surface area contributed by atoms with Gasteiger partial charge in [-0.25, -0.2) is 4.79 Å². The number of urea groups is 1. The van der Waals surface area contributed by atoms with Crippen molar-refractivity contribution in [3.8, 4) is 0 Å². The molecule has 0 bridgehead atoms. The van der Waals surface area contributed by atoms with E-state index < -0.39 is 0 Å². The number of anilines is 1. The molecule has 0 spiro atoms. The van der Waals surface area contributed by atoms with Gasteiger partial charge in [-0.15, -0.1) is 0 Å². The molecular formula is C14H20N2O. The van der Waals surface area contributed by atoms with Crippen LogP contribution in [0.15, 0.2) is 18.2 Å². The van der Waals surface area contributed by atoms with E-state index in [1.54, 1.807) is 4.90 Å². The smallest absolute Gasteiger partial charge is 0.324 e. The first-order chi connectivity index (χ1) is 8.08. The third-order valence-electron chi connectivity index (χ3n) is 3.26. The van der Waals surface area contributed by atoms with Crippen molar-refractivity contribution in [1.29, 1.82) is 0 Å². The third-order valence-corrected chi connectivity index (χ3v) is 3.26. The molecule has 92 valence electrons. The molecule has 2 rings (SSSR count). The van der Waals surface area contributed by atoms with Gasteiger partial charge in [-0.1, -0.05) is 6.07 Å². The maximum absolute atomic E-state index is 12.2. The summed E-state index contributed by atoms with van der Waals surface area (Å²) in [4.78, 5) is 15.9. The molecule has 0 unspecified atom stereocenters. The largest absolute Gasteiger partial charge is 0.324 e. The second-order valence-electron chi connectivity index (χ2n) is 4.88. The second kappa shape index (κ2) is 4.78. The third kappa shape index (κ3) is 2.60. The predicted molar refractivity (Wildman–Crippen MR) is 70.5 cm³/mol. The molecule has 1 heterocycles. The van der Waals surface area contributed by atoms with Crippen molar-refractivity contribution in [1.82, 2.24) is 4.90 Å². The molecule has 0 atom stereocenters. The highest BCUT2D eigenvalue weighted by atomic mass is 16.2. The summed E-state index contributed by atoms with van der Waals surface area (Å²) in [5.41, 5.74) is 3.38. The average Bonchev–Trinajstić information content (AvgIpc) is 2.79. The summed E-state index contributed by atoms with van der Waals surface area (Å²) < 4.78 is 0. The van der Waals surface area contributed by atoms with E-state index in [0.717, 1.165) is 31.6 Å². The van der Waals surface area contributed by atoms with E-state index in [2.05, 4.69) is 32.0 Å². The number of likely N-dealkylation sites (tertiary alicyclic amines) is 1. The topological polar surface area (TPSA) is 23.6 Å². The Kier molecular flexibility index (Phi) is 3.36. The van der Waals surface area contributed by atoms with Crippen LogP contribution in [0, 0.1) is 13.8 Å². The Morgan fingerprint density at radius 3 is 2.18 bits per heavy atom. The zero-order chi connectivity index (χ0) is 12.4. The lowest BCUT2D eigenvalue weighted by Gasteiger charge is -2.25. The van der Waals surface area contributed by atoms with E-state index in [0.29, 0.717) is 0 Å². The van der Waals surface area contributed by atoms with Gasteiger partial charge in [-0.3, -0.25) is 4.90 Å². The molecule has 1 fully saturated rings. The molecule has 0 aliphatic carbocycles. The molecule has 0 saturated carbocycles. The van der Waals surface area contributed by atoms with Crippen molar-refractivity contribution < 1.29 is 4.79 Å². The lowest BCUT2D eigenvalue weighted by atomic mass is 10.1. The number of aryl methyl sites for hydroxylation is 2. The Morgan fingerprint density at radius 2 is 1.65 bits per heavy atom. The van der Waals surface area contributed by atoms with E-state index in [-0.39, 0.29) is 6.03 Å². The van der Waals surface area contributed by atoms with Gasteiger partial charge in [0.05, 0.1) is 0 Å². The minimum atomic E-state index is 0.118. The van der Waals surface area contributed by atoms with Gasteiger partial charge in [-0.2, -0.15) is 0 Å². The lowest BCUT2D eigenvalue weighted by Crippen LogP contribution is -2.39. The fraction of sp³-hybridized carbons (Fsp3) is 0.500. The first-order valence-electron chi connectivity index (χ1n) is 6.19. The molecule has 1 aliphatic heterocycles. The number of carbonyl (C=O) groups excluding carboxylic acids is 1. The molecular weight excluding hydrogens is 212 g/mol. The molecule has 1 aromatic carbocycles. The van der Waals surface area contributed by atoms with Gasteiger partial charge in [0.1, 0.15) is 0 Å². The van der Waals surface area contributed by atoms with Crippen molar-refractivity contribution >= 4 is 11.7 Å². The van der Waals surface area contributed by atoms with Crippen LogP contribution in [0.1, 0.15) is 24.0 Å². The Balaban J connectivity index is 2.17. The highest BCUT2D eigenvalue weighted by Gasteiger charge is 2.22. The molecule has 1 saturated heterocycles. The van der Waals surface area contributed by atoms with Crippen molar-refractivity contribution in [3.05, 3.63) is 29.3 Å². The van der Waals surface area contributed by atoms with Crippen LogP contribution in [-0.4, -0.2) is 31.1 Å². The Bertz CT molecular complexity index is 402. The van der Waals surface area contributed by atoms with Crippen LogP contribution >= 0.6 is 0 Å². The summed E-state index contributed by atoms with van der Waals surface area (Å²) in [7, 11) is 1.86. The summed E-state index contributed by atoms with van der Waals surface area (Å²) in [5.74, 6) is 0. The molecule has 0 aromatic heterocycles. The van der Waals surface area contributed by atoms with Crippen molar-refractivity contribution in [2.24, 2.45) is 0 Å². The summed E-state index contributed by atoms with van der Waals surface area (Å²) in [6.45, 7) is 5.91. The minimum absolute atomic E-state index is 0.118. The zero-order valence-corrected chi connectivity index (χ0v) is 10.9. The van der Waals surface area contributed by atoms with E-state index >= 15 is 0 Å². The fourth-order valence-corrected chi connectivity index (χ4v) is 2.38. The predicted octanol–water partition coefficient (Wildman–Crippen LogP) is 2.96. The number of amides is 2. The highest BCUT2D eigenvalue weighted by molar-refractivity contribution is 5.91. The van der Waals surface area contributed by atoms with E-state index in [1.807, 2.05) is 11.9 Å². The summed E-state index contributed by atoms with van der Waals surface area (Å²) in [5, 5.41) is 0.